The van der Waals surface area contributed by atoms with E-state index >= 15 is 0 Å². The molecule has 3 aromatic rings. The highest BCUT2D eigenvalue weighted by molar-refractivity contribution is 5.69. The predicted molar refractivity (Wildman–Crippen MR) is 107 cm³/mol. The normalized spacial score (nSPS) is 16.9. The molecule has 0 aromatic heterocycles. The van der Waals surface area contributed by atoms with Crippen LogP contribution in [0.3, 0.4) is 0 Å². The Morgan fingerprint density at radius 3 is 2.20 bits per heavy atom. The van der Waals surface area contributed by atoms with Crippen LogP contribution in [0.1, 0.15) is 48.1 Å². The minimum Gasteiger partial charge on any atom is -0.379 e. The van der Waals surface area contributed by atoms with E-state index in [9.17, 15) is 0 Å². The molecular formula is C24H23N. The Hall–Kier alpha value is -2.80. The van der Waals surface area contributed by atoms with Crippen molar-refractivity contribution in [1.29, 1.82) is 0 Å². The molecule has 0 fully saturated rings. The molecule has 0 bridgehead atoms. The lowest BCUT2D eigenvalue weighted by Gasteiger charge is -2.24. The van der Waals surface area contributed by atoms with Gasteiger partial charge in [-0.3, -0.25) is 0 Å². The monoisotopic (exact) mass is 325 g/mol. The topological polar surface area (TPSA) is 12.0 Å². The number of fused-ring (bicyclic) bond motifs is 1. The van der Waals surface area contributed by atoms with Gasteiger partial charge in [-0.2, -0.15) is 0 Å². The van der Waals surface area contributed by atoms with Gasteiger partial charge in [0.05, 0.1) is 0 Å². The summed E-state index contributed by atoms with van der Waals surface area (Å²) >= 11 is 0. The second-order valence-electron chi connectivity index (χ2n) is 6.81. The summed E-state index contributed by atoms with van der Waals surface area (Å²) in [5, 5.41) is 3.64. The van der Waals surface area contributed by atoms with Crippen LogP contribution in [0, 0.1) is 0 Å². The first-order chi connectivity index (χ1) is 12.2. The molecule has 1 nitrogen and oxygen atoms in total. The van der Waals surface area contributed by atoms with Crippen LogP contribution >= 0.6 is 0 Å². The Morgan fingerprint density at radius 1 is 0.760 bits per heavy atom. The standard InChI is InChI=1S/C24H23N/c1-17-16-19-10-6-7-14-22(19)24(17)23-15-9-8-13-21(23)18(2)25-20-11-4-3-5-12-20/h3-16,18,24-25H,1-2H3. The predicted octanol–water partition coefficient (Wildman–Crippen LogP) is 6.41. The number of rotatable bonds is 4. The van der Waals surface area contributed by atoms with Crippen LogP contribution in [0.25, 0.3) is 6.08 Å². The molecule has 0 radical (unpaired) electrons. The molecule has 4 rings (SSSR count). The van der Waals surface area contributed by atoms with Crippen LogP contribution in [0.15, 0.2) is 84.4 Å². The number of benzene rings is 3. The molecule has 2 atom stereocenters. The molecule has 0 saturated carbocycles. The van der Waals surface area contributed by atoms with Crippen LogP contribution < -0.4 is 5.32 Å². The second-order valence-corrected chi connectivity index (χ2v) is 6.81. The summed E-state index contributed by atoms with van der Waals surface area (Å²) in [7, 11) is 0. The van der Waals surface area contributed by atoms with Crippen LogP contribution in [-0.4, -0.2) is 0 Å². The number of anilines is 1. The Balaban J connectivity index is 1.72. The first kappa shape index (κ1) is 15.7. The van der Waals surface area contributed by atoms with Gasteiger partial charge in [-0.05, 0) is 48.2 Å². The maximum absolute atomic E-state index is 3.64. The van der Waals surface area contributed by atoms with Crippen molar-refractivity contribution in [3.8, 4) is 0 Å². The summed E-state index contributed by atoms with van der Waals surface area (Å²) in [5.74, 6) is 0.354. The Morgan fingerprint density at radius 2 is 1.40 bits per heavy atom. The van der Waals surface area contributed by atoms with Gasteiger partial charge in [-0.1, -0.05) is 78.4 Å². The van der Waals surface area contributed by atoms with Gasteiger partial charge in [0.2, 0.25) is 0 Å². The zero-order valence-electron chi connectivity index (χ0n) is 14.7. The zero-order chi connectivity index (χ0) is 17.2. The number of para-hydroxylation sites is 1. The molecule has 1 aliphatic carbocycles. The summed E-state index contributed by atoms with van der Waals surface area (Å²) < 4.78 is 0. The average molecular weight is 325 g/mol. The summed E-state index contributed by atoms with van der Waals surface area (Å²) in [5.41, 5.74) is 8.10. The van der Waals surface area contributed by atoms with Gasteiger partial charge in [0.25, 0.3) is 0 Å². The van der Waals surface area contributed by atoms with Crippen molar-refractivity contribution in [1.82, 2.24) is 0 Å². The minimum absolute atomic E-state index is 0.249. The van der Waals surface area contributed by atoms with Crippen molar-refractivity contribution >= 4 is 11.8 Å². The molecule has 3 aromatic carbocycles. The van der Waals surface area contributed by atoms with Crippen LogP contribution in [-0.2, 0) is 0 Å². The van der Waals surface area contributed by atoms with E-state index in [1.807, 2.05) is 6.07 Å². The molecule has 1 heteroatoms. The van der Waals surface area contributed by atoms with Crippen molar-refractivity contribution in [2.75, 3.05) is 5.32 Å². The molecule has 0 aliphatic heterocycles. The van der Waals surface area contributed by atoms with E-state index < -0.39 is 0 Å². The molecule has 0 saturated heterocycles. The van der Waals surface area contributed by atoms with E-state index in [4.69, 9.17) is 0 Å². The third-order valence-electron chi connectivity index (χ3n) is 5.08. The van der Waals surface area contributed by atoms with Gasteiger partial charge in [-0.15, -0.1) is 0 Å². The van der Waals surface area contributed by atoms with Crippen LogP contribution in [0.4, 0.5) is 5.69 Å². The molecule has 1 N–H and O–H groups in total. The zero-order valence-corrected chi connectivity index (χ0v) is 14.7. The van der Waals surface area contributed by atoms with E-state index in [0.717, 1.165) is 5.69 Å². The van der Waals surface area contributed by atoms with E-state index in [-0.39, 0.29) is 6.04 Å². The summed E-state index contributed by atoms with van der Waals surface area (Å²) in [6.45, 7) is 4.49. The quantitative estimate of drug-likeness (QED) is 0.584. The molecule has 0 spiro atoms. The Labute approximate surface area is 150 Å². The molecular weight excluding hydrogens is 302 g/mol. The van der Waals surface area contributed by atoms with E-state index in [0.29, 0.717) is 5.92 Å². The smallest absolute Gasteiger partial charge is 0.0488 e. The summed E-state index contributed by atoms with van der Waals surface area (Å²) in [6.07, 6.45) is 2.33. The largest absolute Gasteiger partial charge is 0.379 e. The SMILES string of the molecule is CC1=Cc2ccccc2C1c1ccccc1C(C)Nc1ccccc1. The highest BCUT2D eigenvalue weighted by Gasteiger charge is 2.26. The molecule has 25 heavy (non-hydrogen) atoms. The van der Waals surface area contributed by atoms with Crippen molar-refractivity contribution in [3.63, 3.8) is 0 Å². The number of hydrogen-bond acceptors (Lipinski definition) is 1. The van der Waals surface area contributed by atoms with Gasteiger partial charge in [0, 0.05) is 17.6 Å². The lowest BCUT2D eigenvalue weighted by Crippen LogP contribution is -2.12. The molecule has 0 heterocycles. The first-order valence-corrected chi connectivity index (χ1v) is 8.91. The minimum atomic E-state index is 0.249. The van der Waals surface area contributed by atoms with Gasteiger partial charge in [-0.25, -0.2) is 0 Å². The Bertz CT molecular complexity index is 908. The summed E-state index contributed by atoms with van der Waals surface area (Å²) in [4.78, 5) is 0. The molecule has 124 valence electrons. The summed E-state index contributed by atoms with van der Waals surface area (Å²) in [6, 6.07) is 28.3. The number of allylic oxidation sites excluding steroid dienone is 1. The van der Waals surface area contributed by atoms with Gasteiger partial charge in [0.15, 0.2) is 0 Å². The fourth-order valence-corrected chi connectivity index (χ4v) is 3.92. The van der Waals surface area contributed by atoms with E-state index in [1.165, 1.54) is 27.8 Å². The second kappa shape index (κ2) is 6.60. The third kappa shape index (κ3) is 2.98. The number of nitrogens with one attached hydrogen (secondary N) is 1. The highest BCUT2D eigenvalue weighted by atomic mass is 14.9. The van der Waals surface area contributed by atoms with Crippen LogP contribution in [0.2, 0.25) is 0 Å². The first-order valence-electron chi connectivity index (χ1n) is 8.91. The van der Waals surface area contributed by atoms with Crippen molar-refractivity contribution in [2.45, 2.75) is 25.8 Å². The van der Waals surface area contributed by atoms with Crippen LogP contribution in [0.5, 0.6) is 0 Å². The maximum Gasteiger partial charge on any atom is 0.0488 e. The fraction of sp³-hybridized carbons (Fsp3) is 0.167. The fourth-order valence-electron chi connectivity index (χ4n) is 3.92. The number of hydrogen-bond donors (Lipinski definition) is 1. The van der Waals surface area contributed by atoms with Crippen molar-refractivity contribution in [2.24, 2.45) is 0 Å². The molecule has 1 aliphatic rings. The van der Waals surface area contributed by atoms with Crippen molar-refractivity contribution < 1.29 is 0 Å². The maximum atomic E-state index is 3.64. The van der Waals surface area contributed by atoms with Crippen molar-refractivity contribution in [3.05, 3.63) is 107 Å². The lowest BCUT2D eigenvalue weighted by molar-refractivity contribution is 0.840. The highest BCUT2D eigenvalue weighted by Crippen LogP contribution is 2.43. The van der Waals surface area contributed by atoms with Gasteiger partial charge in [0.1, 0.15) is 0 Å². The third-order valence-corrected chi connectivity index (χ3v) is 5.08. The van der Waals surface area contributed by atoms with Gasteiger partial charge >= 0.3 is 0 Å². The Kier molecular flexibility index (Phi) is 4.15. The van der Waals surface area contributed by atoms with Gasteiger partial charge < -0.3 is 5.32 Å². The molecule has 2 unspecified atom stereocenters. The lowest BCUT2D eigenvalue weighted by atomic mass is 9.84. The average Bonchev–Trinajstić information content (AvgIpc) is 2.98. The van der Waals surface area contributed by atoms with E-state index in [2.05, 4.69) is 98.0 Å². The van der Waals surface area contributed by atoms with E-state index in [1.54, 1.807) is 0 Å². The molecule has 0 amide bonds.